The van der Waals surface area contributed by atoms with Crippen molar-refractivity contribution in [3.63, 3.8) is 0 Å². The third kappa shape index (κ3) is 3.36. The monoisotopic (exact) mass is 271 g/mol. The Bertz CT molecular complexity index is 520. The zero-order valence-electron chi connectivity index (χ0n) is 11.6. The summed E-state index contributed by atoms with van der Waals surface area (Å²) in [6, 6.07) is 9.39. The lowest BCUT2D eigenvalue weighted by atomic mass is 9.91. The highest BCUT2D eigenvalue weighted by atomic mass is 15.3. The normalized spacial score (nSPS) is 22.6. The SMILES string of the molecule is NC1CCCC(Nc2ccc(Cn3cncn3)cc2)C1. The van der Waals surface area contributed by atoms with Crippen LogP contribution in [0, 0.1) is 0 Å². The van der Waals surface area contributed by atoms with Gasteiger partial charge in [0, 0.05) is 17.8 Å². The van der Waals surface area contributed by atoms with Gasteiger partial charge in [0.05, 0.1) is 6.54 Å². The van der Waals surface area contributed by atoms with E-state index in [1.807, 2.05) is 4.68 Å². The number of nitrogens with one attached hydrogen (secondary N) is 1. The van der Waals surface area contributed by atoms with Crippen molar-refractivity contribution < 1.29 is 0 Å². The Labute approximate surface area is 119 Å². The first-order valence-corrected chi connectivity index (χ1v) is 7.23. The molecular weight excluding hydrogens is 250 g/mol. The zero-order valence-corrected chi connectivity index (χ0v) is 11.6. The van der Waals surface area contributed by atoms with E-state index in [9.17, 15) is 0 Å². The Morgan fingerprint density at radius 1 is 1.25 bits per heavy atom. The molecule has 0 amide bonds. The molecule has 106 valence electrons. The van der Waals surface area contributed by atoms with E-state index in [2.05, 4.69) is 39.7 Å². The van der Waals surface area contributed by atoms with Gasteiger partial charge in [-0.15, -0.1) is 0 Å². The molecule has 3 N–H and O–H groups in total. The van der Waals surface area contributed by atoms with Gasteiger partial charge < -0.3 is 11.1 Å². The maximum atomic E-state index is 6.02. The van der Waals surface area contributed by atoms with Gasteiger partial charge >= 0.3 is 0 Å². The summed E-state index contributed by atoms with van der Waals surface area (Å²) in [5.41, 5.74) is 8.42. The predicted molar refractivity (Wildman–Crippen MR) is 79.4 cm³/mol. The summed E-state index contributed by atoms with van der Waals surface area (Å²) in [6.07, 6.45) is 7.96. The Kier molecular flexibility index (Phi) is 3.97. The zero-order chi connectivity index (χ0) is 13.8. The topological polar surface area (TPSA) is 68.8 Å². The molecule has 20 heavy (non-hydrogen) atoms. The van der Waals surface area contributed by atoms with E-state index in [1.54, 1.807) is 12.7 Å². The summed E-state index contributed by atoms with van der Waals surface area (Å²) in [7, 11) is 0. The second-order valence-corrected chi connectivity index (χ2v) is 5.56. The second-order valence-electron chi connectivity index (χ2n) is 5.56. The number of nitrogens with zero attached hydrogens (tertiary/aromatic N) is 3. The molecule has 0 bridgehead atoms. The van der Waals surface area contributed by atoms with E-state index in [-0.39, 0.29) is 0 Å². The van der Waals surface area contributed by atoms with Crippen molar-refractivity contribution >= 4 is 5.69 Å². The molecule has 2 aromatic rings. The van der Waals surface area contributed by atoms with Gasteiger partial charge in [0.2, 0.25) is 0 Å². The van der Waals surface area contributed by atoms with Crippen molar-refractivity contribution in [2.45, 2.75) is 44.3 Å². The lowest BCUT2D eigenvalue weighted by Gasteiger charge is -2.28. The molecule has 2 atom stereocenters. The number of benzene rings is 1. The maximum Gasteiger partial charge on any atom is 0.137 e. The quantitative estimate of drug-likeness (QED) is 0.892. The van der Waals surface area contributed by atoms with Crippen LogP contribution in [0.1, 0.15) is 31.2 Å². The van der Waals surface area contributed by atoms with E-state index in [4.69, 9.17) is 5.73 Å². The van der Waals surface area contributed by atoms with E-state index in [0.29, 0.717) is 12.1 Å². The van der Waals surface area contributed by atoms with Gasteiger partial charge in [-0.2, -0.15) is 5.10 Å². The molecule has 0 spiro atoms. The van der Waals surface area contributed by atoms with Crippen LogP contribution in [0.4, 0.5) is 5.69 Å². The third-order valence-electron chi connectivity index (χ3n) is 3.85. The number of aromatic nitrogens is 3. The van der Waals surface area contributed by atoms with E-state index in [1.165, 1.54) is 24.1 Å². The first-order valence-electron chi connectivity index (χ1n) is 7.23. The number of rotatable bonds is 4. The highest BCUT2D eigenvalue weighted by molar-refractivity contribution is 5.45. The van der Waals surface area contributed by atoms with Gasteiger partial charge in [0.15, 0.2) is 0 Å². The molecule has 3 rings (SSSR count). The molecule has 0 aliphatic heterocycles. The summed E-state index contributed by atoms with van der Waals surface area (Å²) in [5, 5.41) is 7.69. The van der Waals surface area contributed by atoms with Crippen molar-refractivity contribution in [2.75, 3.05) is 5.32 Å². The van der Waals surface area contributed by atoms with E-state index < -0.39 is 0 Å². The highest BCUT2D eigenvalue weighted by Crippen LogP contribution is 2.21. The highest BCUT2D eigenvalue weighted by Gasteiger charge is 2.18. The fourth-order valence-corrected chi connectivity index (χ4v) is 2.80. The first-order chi connectivity index (χ1) is 9.79. The second kappa shape index (κ2) is 6.05. The lowest BCUT2D eigenvalue weighted by molar-refractivity contribution is 0.409. The molecule has 1 aliphatic carbocycles. The van der Waals surface area contributed by atoms with E-state index in [0.717, 1.165) is 19.4 Å². The smallest absolute Gasteiger partial charge is 0.137 e. The standard InChI is InChI=1S/C15H21N5/c16-13-2-1-3-15(8-13)19-14-6-4-12(5-7-14)9-20-11-17-10-18-20/h4-7,10-11,13,15,19H,1-3,8-9,16H2. The number of hydrogen-bond donors (Lipinski definition) is 2. The Morgan fingerprint density at radius 3 is 2.80 bits per heavy atom. The Morgan fingerprint density at radius 2 is 2.10 bits per heavy atom. The van der Waals surface area contributed by atoms with Gasteiger partial charge in [-0.3, -0.25) is 0 Å². The molecule has 1 saturated carbocycles. The van der Waals surface area contributed by atoms with Crippen LogP contribution in [0.2, 0.25) is 0 Å². The minimum absolute atomic E-state index is 0.354. The van der Waals surface area contributed by atoms with Gasteiger partial charge in [-0.25, -0.2) is 9.67 Å². The largest absolute Gasteiger partial charge is 0.382 e. The molecule has 5 nitrogen and oxygen atoms in total. The van der Waals surface area contributed by atoms with Crippen molar-refractivity contribution in [1.29, 1.82) is 0 Å². The van der Waals surface area contributed by atoms with Gasteiger partial charge in [-0.05, 0) is 43.4 Å². The summed E-state index contributed by atoms with van der Waals surface area (Å²) >= 11 is 0. The van der Waals surface area contributed by atoms with Gasteiger partial charge in [0.1, 0.15) is 12.7 Å². The van der Waals surface area contributed by atoms with Crippen LogP contribution in [0.25, 0.3) is 0 Å². The lowest BCUT2D eigenvalue weighted by Crippen LogP contribution is -2.34. The number of anilines is 1. The average Bonchev–Trinajstić information content (AvgIpc) is 2.94. The molecular formula is C15H21N5. The first kappa shape index (κ1) is 13.1. The molecule has 2 unspecified atom stereocenters. The van der Waals surface area contributed by atoms with Crippen LogP contribution >= 0.6 is 0 Å². The average molecular weight is 271 g/mol. The third-order valence-corrected chi connectivity index (χ3v) is 3.85. The predicted octanol–water partition coefficient (Wildman–Crippen LogP) is 2.01. The van der Waals surface area contributed by atoms with Crippen LogP contribution in [0.3, 0.4) is 0 Å². The van der Waals surface area contributed by atoms with Gasteiger partial charge in [-0.1, -0.05) is 12.1 Å². The van der Waals surface area contributed by atoms with Crippen molar-refractivity contribution in [2.24, 2.45) is 5.73 Å². The van der Waals surface area contributed by atoms with Crippen molar-refractivity contribution in [3.05, 3.63) is 42.5 Å². The van der Waals surface area contributed by atoms with Crippen LogP contribution < -0.4 is 11.1 Å². The van der Waals surface area contributed by atoms with E-state index >= 15 is 0 Å². The molecule has 5 heteroatoms. The summed E-state index contributed by atoms with van der Waals surface area (Å²) in [6.45, 7) is 0.759. The maximum absolute atomic E-state index is 6.02. The van der Waals surface area contributed by atoms with Crippen molar-refractivity contribution in [3.8, 4) is 0 Å². The summed E-state index contributed by atoms with van der Waals surface area (Å²) in [5.74, 6) is 0. The number of hydrogen-bond acceptors (Lipinski definition) is 4. The van der Waals surface area contributed by atoms with Crippen LogP contribution in [-0.2, 0) is 6.54 Å². The summed E-state index contributed by atoms with van der Waals surface area (Å²) < 4.78 is 1.82. The van der Waals surface area contributed by atoms with Gasteiger partial charge in [0.25, 0.3) is 0 Å². The molecule has 1 heterocycles. The van der Waals surface area contributed by atoms with Crippen molar-refractivity contribution in [1.82, 2.24) is 14.8 Å². The van der Waals surface area contributed by atoms with Crippen LogP contribution in [-0.4, -0.2) is 26.8 Å². The molecule has 0 saturated heterocycles. The van der Waals surface area contributed by atoms with Crippen LogP contribution in [0.15, 0.2) is 36.9 Å². The molecule has 1 aliphatic rings. The molecule has 1 aromatic heterocycles. The van der Waals surface area contributed by atoms with Crippen LogP contribution in [0.5, 0.6) is 0 Å². The minimum Gasteiger partial charge on any atom is -0.382 e. The fraction of sp³-hybridized carbons (Fsp3) is 0.467. The Balaban J connectivity index is 1.58. The molecule has 0 radical (unpaired) electrons. The molecule has 1 aromatic carbocycles. The number of nitrogens with two attached hydrogens (primary N) is 1. The fourth-order valence-electron chi connectivity index (χ4n) is 2.80. The Hall–Kier alpha value is -1.88. The summed E-state index contributed by atoms with van der Waals surface area (Å²) in [4.78, 5) is 3.95. The molecule has 1 fully saturated rings. The minimum atomic E-state index is 0.354.